The Hall–Kier alpha value is -2.74. The maximum absolute atomic E-state index is 13.3. The molecule has 1 aromatic rings. The van der Waals surface area contributed by atoms with E-state index < -0.39 is 23.5 Å². The van der Waals surface area contributed by atoms with E-state index in [0.29, 0.717) is 5.56 Å². The second-order valence-electron chi connectivity index (χ2n) is 5.88. The number of ketones is 1. The van der Waals surface area contributed by atoms with E-state index in [9.17, 15) is 18.8 Å². The molecule has 2 rings (SSSR count). The van der Waals surface area contributed by atoms with E-state index in [1.54, 1.807) is 6.07 Å². The third-order valence-electron chi connectivity index (χ3n) is 3.03. The van der Waals surface area contributed by atoms with Gasteiger partial charge in [0, 0.05) is 13.8 Å². The first-order valence-corrected chi connectivity index (χ1v) is 7.48. The number of rotatable bonds is 6. The zero-order chi connectivity index (χ0) is 18.6. The van der Waals surface area contributed by atoms with E-state index in [2.05, 4.69) is 0 Å². The number of benzene rings is 1. The van der Waals surface area contributed by atoms with Gasteiger partial charge in [-0.1, -0.05) is 12.1 Å². The van der Waals surface area contributed by atoms with Crippen LogP contribution < -0.4 is 0 Å². The van der Waals surface area contributed by atoms with Crippen molar-refractivity contribution in [3.63, 3.8) is 0 Å². The monoisotopic (exact) mass is 351 g/mol. The highest BCUT2D eigenvalue weighted by molar-refractivity contribution is 5.97. The molecule has 1 amide bonds. The van der Waals surface area contributed by atoms with Gasteiger partial charge in [0.1, 0.15) is 12.4 Å². The summed E-state index contributed by atoms with van der Waals surface area (Å²) in [5.41, 5.74) is 0.450. The highest BCUT2D eigenvalue weighted by Gasteiger charge is 2.38. The summed E-state index contributed by atoms with van der Waals surface area (Å²) in [5.74, 6) is -3.74. The van der Waals surface area contributed by atoms with E-state index in [1.165, 1.54) is 39.0 Å². The van der Waals surface area contributed by atoms with Crippen LogP contribution >= 0.6 is 0 Å². The van der Waals surface area contributed by atoms with Gasteiger partial charge in [-0.2, -0.15) is 0 Å². The zero-order valence-electron chi connectivity index (χ0n) is 14.1. The van der Waals surface area contributed by atoms with Crippen molar-refractivity contribution in [2.24, 2.45) is 0 Å². The fraction of sp³-hybridized carbons (Fsp3) is 0.353. The van der Waals surface area contributed by atoms with Crippen LogP contribution in [0.1, 0.15) is 26.3 Å². The number of hydrogen-bond donors (Lipinski definition) is 0. The van der Waals surface area contributed by atoms with Gasteiger partial charge in [0.2, 0.25) is 11.5 Å². The molecule has 25 heavy (non-hydrogen) atoms. The maximum atomic E-state index is 13.3. The van der Waals surface area contributed by atoms with Gasteiger partial charge in [0.05, 0.1) is 12.6 Å². The number of nitrogens with zero attached hydrogens (tertiary/aromatic N) is 1. The molecule has 1 heterocycles. The highest BCUT2D eigenvalue weighted by Crippen LogP contribution is 2.26. The summed E-state index contributed by atoms with van der Waals surface area (Å²) in [6.45, 7) is 3.87. The third kappa shape index (κ3) is 5.39. The third-order valence-corrected chi connectivity index (χ3v) is 3.03. The normalized spacial score (nSPS) is 17.1. The molecule has 1 aromatic carbocycles. The maximum Gasteiger partial charge on any atom is 0.377 e. The Kier molecular flexibility index (Phi) is 5.53. The minimum absolute atomic E-state index is 0.119. The number of amides is 1. The van der Waals surface area contributed by atoms with Crippen LogP contribution in [0.25, 0.3) is 0 Å². The van der Waals surface area contributed by atoms with E-state index in [0.717, 1.165) is 11.1 Å². The molecule has 0 spiro atoms. The van der Waals surface area contributed by atoms with Gasteiger partial charge in [-0.05, 0) is 24.6 Å². The minimum Gasteiger partial charge on any atom is -0.445 e. The van der Waals surface area contributed by atoms with Crippen LogP contribution in [0.5, 0.6) is 0 Å². The van der Waals surface area contributed by atoms with E-state index >= 15 is 0 Å². The molecule has 1 aliphatic heterocycles. The Morgan fingerprint density at radius 2 is 2.04 bits per heavy atom. The number of halogens is 1. The predicted octanol–water partition coefficient (Wildman–Crippen LogP) is 1.87. The summed E-state index contributed by atoms with van der Waals surface area (Å²) in [6.07, 6.45) is 0.913. The molecule has 0 aromatic heterocycles. The number of esters is 1. The van der Waals surface area contributed by atoms with Crippen molar-refractivity contribution in [1.29, 1.82) is 0 Å². The molecule has 0 saturated carbocycles. The molecule has 7 nitrogen and oxygen atoms in total. The molecule has 1 saturated heterocycles. The van der Waals surface area contributed by atoms with Crippen LogP contribution in [0.3, 0.4) is 0 Å². The van der Waals surface area contributed by atoms with Crippen LogP contribution in [0.2, 0.25) is 0 Å². The number of ether oxygens (including phenoxy) is 2. The summed E-state index contributed by atoms with van der Waals surface area (Å²) in [6, 6.07) is 5.57. The average Bonchev–Trinajstić information content (AvgIpc) is 2.75. The topological polar surface area (TPSA) is 82.1 Å². The number of Topliss-reactive ketones (excluding diaryl/α,β-unsaturated/α-hetero) is 1. The second-order valence-corrected chi connectivity index (χ2v) is 5.88. The Labute approximate surface area is 143 Å². The van der Waals surface area contributed by atoms with Crippen molar-refractivity contribution < 1.29 is 33.1 Å². The van der Waals surface area contributed by atoms with E-state index in [4.69, 9.17) is 14.3 Å². The first-order valence-electron chi connectivity index (χ1n) is 7.48. The summed E-state index contributed by atoms with van der Waals surface area (Å²) in [5, 5.41) is 0.852. The predicted molar refractivity (Wildman–Crippen MR) is 82.9 cm³/mol. The summed E-state index contributed by atoms with van der Waals surface area (Å²) < 4.78 is 23.5. The van der Waals surface area contributed by atoms with E-state index in [-0.39, 0.29) is 24.7 Å². The molecule has 0 radical (unpaired) electrons. The smallest absolute Gasteiger partial charge is 0.377 e. The molecule has 0 unspecified atom stereocenters. The fourth-order valence-electron chi connectivity index (χ4n) is 2.03. The minimum atomic E-state index is -1.17. The second kappa shape index (κ2) is 7.43. The Balaban J connectivity index is 2.18. The van der Waals surface area contributed by atoms with Crippen LogP contribution in [0, 0.1) is 5.82 Å². The molecule has 0 N–H and O–H groups in total. The van der Waals surface area contributed by atoms with Gasteiger partial charge in [0.15, 0.2) is 5.78 Å². The summed E-state index contributed by atoms with van der Waals surface area (Å²) in [4.78, 5) is 40.4. The number of hydrogen-bond acceptors (Lipinski definition) is 6. The Bertz CT molecular complexity index is 728. The van der Waals surface area contributed by atoms with Gasteiger partial charge in [-0.3, -0.25) is 14.4 Å². The highest BCUT2D eigenvalue weighted by atomic mass is 19.1. The molecular weight excluding hydrogens is 333 g/mol. The van der Waals surface area contributed by atoms with Gasteiger partial charge in [-0.15, -0.1) is 0 Å². The van der Waals surface area contributed by atoms with Crippen LogP contribution in [0.15, 0.2) is 36.1 Å². The molecule has 1 aliphatic rings. The van der Waals surface area contributed by atoms with Crippen LogP contribution in [0.4, 0.5) is 4.39 Å². The molecular formula is C17H18FNO6. The van der Waals surface area contributed by atoms with Crippen molar-refractivity contribution in [2.75, 3.05) is 6.61 Å². The summed E-state index contributed by atoms with van der Waals surface area (Å²) in [7, 11) is 0. The van der Waals surface area contributed by atoms with Crippen molar-refractivity contribution in [2.45, 2.75) is 33.1 Å². The lowest BCUT2D eigenvalue weighted by Gasteiger charge is -2.20. The Morgan fingerprint density at radius 3 is 2.60 bits per heavy atom. The van der Waals surface area contributed by atoms with Gasteiger partial charge >= 0.3 is 5.97 Å². The zero-order valence-corrected chi connectivity index (χ0v) is 14.1. The van der Waals surface area contributed by atoms with Crippen molar-refractivity contribution >= 4 is 17.7 Å². The number of cyclic esters (lactones) is 1. The molecule has 0 atom stereocenters. The van der Waals surface area contributed by atoms with Crippen LogP contribution in [-0.4, -0.2) is 35.1 Å². The number of carbonyl (C=O) groups excluding carboxylic acids is 3. The van der Waals surface area contributed by atoms with Crippen LogP contribution in [-0.2, 0) is 35.2 Å². The van der Waals surface area contributed by atoms with Gasteiger partial charge in [-0.25, -0.2) is 14.2 Å². The van der Waals surface area contributed by atoms with Crippen molar-refractivity contribution in [1.82, 2.24) is 5.06 Å². The lowest BCUT2D eigenvalue weighted by molar-refractivity contribution is -0.186. The SMILES string of the molecule is CC(=O)CON(Cc1cccc(F)c1)C(=O)/C=C1\OC(C)(C)OC1=O. The fourth-order valence-corrected chi connectivity index (χ4v) is 2.03. The molecule has 1 fully saturated rings. The lowest BCUT2D eigenvalue weighted by Crippen LogP contribution is -2.31. The van der Waals surface area contributed by atoms with E-state index in [1.807, 2.05) is 0 Å². The molecule has 8 heteroatoms. The number of carbonyl (C=O) groups is 3. The average molecular weight is 351 g/mol. The molecule has 134 valence electrons. The van der Waals surface area contributed by atoms with Gasteiger partial charge < -0.3 is 9.47 Å². The first-order chi connectivity index (χ1) is 11.7. The lowest BCUT2D eigenvalue weighted by atomic mass is 10.2. The van der Waals surface area contributed by atoms with Crippen molar-refractivity contribution in [3.05, 3.63) is 47.5 Å². The Morgan fingerprint density at radius 1 is 1.32 bits per heavy atom. The van der Waals surface area contributed by atoms with Crippen molar-refractivity contribution in [3.8, 4) is 0 Å². The largest absolute Gasteiger partial charge is 0.445 e. The molecule has 0 bridgehead atoms. The number of hydroxylamine groups is 2. The van der Waals surface area contributed by atoms with Gasteiger partial charge in [0.25, 0.3) is 5.91 Å². The summed E-state index contributed by atoms with van der Waals surface area (Å²) >= 11 is 0. The first kappa shape index (κ1) is 18.6. The molecule has 0 aliphatic carbocycles. The standard InChI is InChI=1S/C17H18FNO6/c1-11(20)10-23-19(9-12-5-4-6-13(18)7-12)15(21)8-14-16(22)25-17(2,3)24-14/h4-8H,9-10H2,1-3H3/b14-8-. The quantitative estimate of drug-likeness (QED) is 0.442.